The fourth-order valence-corrected chi connectivity index (χ4v) is 1.72. The molecular weight excluding hydrogens is 218 g/mol. The Hall–Kier alpha value is -2.48. The van der Waals surface area contributed by atoms with Crippen LogP contribution in [-0.2, 0) is 6.42 Å². The number of benzene rings is 1. The summed E-state index contributed by atoms with van der Waals surface area (Å²) in [5.41, 5.74) is 2.37. The normalized spacial score (nSPS) is 10.1. The van der Waals surface area contributed by atoms with Gasteiger partial charge in [-0.15, -0.1) is 0 Å². The maximum Gasteiger partial charge on any atom is 0.411 e. The number of carboxylic acid groups (broad SMARTS) is 1. The molecule has 86 valence electrons. The van der Waals surface area contributed by atoms with Crippen LogP contribution in [0.4, 0.5) is 10.5 Å². The Morgan fingerprint density at radius 2 is 2.35 bits per heavy atom. The minimum atomic E-state index is -1.01. The highest BCUT2D eigenvalue weighted by Crippen LogP contribution is 2.24. The van der Waals surface area contributed by atoms with Gasteiger partial charge in [-0.3, -0.25) is 4.90 Å². The lowest BCUT2D eigenvalue weighted by atomic mass is 10.1. The summed E-state index contributed by atoms with van der Waals surface area (Å²) < 4.78 is 0. The Kier molecular flexibility index (Phi) is 2.71. The van der Waals surface area contributed by atoms with Gasteiger partial charge in [0.05, 0.1) is 12.5 Å². The number of carbonyl (C=O) groups is 1. The zero-order valence-corrected chi connectivity index (χ0v) is 9.27. The van der Waals surface area contributed by atoms with Crippen LogP contribution in [0.25, 0.3) is 10.9 Å². The van der Waals surface area contributed by atoms with Crippen LogP contribution in [0, 0.1) is 11.3 Å². The molecule has 5 heteroatoms. The van der Waals surface area contributed by atoms with Gasteiger partial charge in [0.2, 0.25) is 0 Å². The Balaban J connectivity index is 2.52. The van der Waals surface area contributed by atoms with E-state index >= 15 is 0 Å². The van der Waals surface area contributed by atoms with Gasteiger partial charge < -0.3 is 10.1 Å². The molecule has 0 bridgehead atoms. The van der Waals surface area contributed by atoms with Gasteiger partial charge in [-0.1, -0.05) is 0 Å². The Morgan fingerprint density at radius 3 is 3.00 bits per heavy atom. The highest BCUT2D eigenvalue weighted by molar-refractivity contribution is 5.92. The van der Waals surface area contributed by atoms with E-state index in [0.717, 1.165) is 21.4 Å². The van der Waals surface area contributed by atoms with Gasteiger partial charge in [0.1, 0.15) is 0 Å². The second-order valence-corrected chi connectivity index (χ2v) is 3.72. The molecule has 17 heavy (non-hydrogen) atoms. The van der Waals surface area contributed by atoms with E-state index in [2.05, 4.69) is 11.1 Å². The van der Waals surface area contributed by atoms with E-state index in [4.69, 9.17) is 10.4 Å². The summed E-state index contributed by atoms with van der Waals surface area (Å²) in [4.78, 5) is 15.0. The van der Waals surface area contributed by atoms with E-state index < -0.39 is 6.09 Å². The molecule has 1 amide bonds. The number of fused-ring (bicyclic) bond motifs is 1. The van der Waals surface area contributed by atoms with Crippen molar-refractivity contribution in [1.82, 2.24) is 4.98 Å². The molecule has 1 aromatic heterocycles. The van der Waals surface area contributed by atoms with E-state index in [1.165, 1.54) is 7.05 Å². The van der Waals surface area contributed by atoms with Crippen molar-refractivity contribution in [1.29, 1.82) is 5.26 Å². The summed E-state index contributed by atoms with van der Waals surface area (Å²) in [5.74, 6) is 0. The molecule has 2 aromatic rings. The van der Waals surface area contributed by atoms with Crippen molar-refractivity contribution in [3.63, 3.8) is 0 Å². The van der Waals surface area contributed by atoms with Crippen molar-refractivity contribution in [2.45, 2.75) is 6.42 Å². The lowest BCUT2D eigenvalue weighted by Gasteiger charge is -2.12. The summed E-state index contributed by atoms with van der Waals surface area (Å²) in [6, 6.07) is 7.39. The molecule has 0 aliphatic carbocycles. The average Bonchev–Trinajstić information content (AvgIpc) is 2.71. The number of amides is 1. The maximum atomic E-state index is 10.9. The average molecular weight is 229 g/mol. The lowest BCUT2D eigenvalue weighted by Crippen LogP contribution is -2.23. The Morgan fingerprint density at radius 1 is 1.59 bits per heavy atom. The largest absolute Gasteiger partial charge is 0.465 e. The number of nitrogens with zero attached hydrogens (tertiary/aromatic N) is 2. The molecule has 0 aliphatic rings. The van der Waals surface area contributed by atoms with E-state index in [0.29, 0.717) is 12.1 Å². The predicted octanol–water partition coefficient (Wildman–Crippen LogP) is 2.35. The molecule has 0 atom stereocenters. The van der Waals surface area contributed by atoms with E-state index in [-0.39, 0.29) is 0 Å². The van der Waals surface area contributed by atoms with Crippen molar-refractivity contribution in [2.24, 2.45) is 0 Å². The van der Waals surface area contributed by atoms with Crippen molar-refractivity contribution in [3.8, 4) is 6.07 Å². The van der Waals surface area contributed by atoms with Gasteiger partial charge >= 0.3 is 6.09 Å². The van der Waals surface area contributed by atoms with Gasteiger partial charge in [0, 0.05) is 29.8 Å². The maximum absolute atomic E-state index is 10.9. The molecule has 0 radical (unpaired) electrons. The number of nitrogens with one attached hydrogen (secondary N) is 1. The predicted molar refractivity (Wildman–Crippen MR) is 64.0 cm³/mol. The van der Waals surface area contributed by atoms with Crippen LogP contribution in [0.5, 0.6) is 0 Å². The first-order valence-electron chi connectivity index (χ1n) is 5.07. The minimum Gasteiger partial charge on any atom is -0.465 e. The van der Waals surface area contributed by atoms with Crippen molar-refractivity contribution < 1.29 is 9.90 Å². The van der Waals surface area contributed by atoms with Crippen LogP contribution in [0.2, 0.25) is 0 Å². The minimum absolute atomic E-state index is 0.306. The van der Waals surface area contributed by atoms with Crippen LogP contribution in [0.1, 0.15) is 5.56 Å². The molecule has 1 aromatic carbocycles. The molecule has 5 nitrogen and oxygen atoms in total. The fraction of sp³-hybridized carbons (Fsp3) is 0.167. The fourth-order valence-electron chi connectivity index (χ4n) is 1.72. The zero-order valence-electron chi connectivity index (χ0n) is 9.27. The molecule has 0 saturated carbocycles. The summed E-state index contributed by atoms with van der Waals surface area (Å²) >= 11 is 0. The Bertz CT molecular complexity index is 610. The molecule has 0 spiro atoms. The summed E-state index contributed by atoms with van der Waals surface area (Å²) in [6.07, 6.45) is 1.07. The van der Waals surface area contributed by atoms with Crippen LogP contribution < -0.4 is 4.90 Å². The monoisotopic (exact) mass is 229 g/mol. The first-order valence-corrected chi connectivity index (χ1v) is 5.07. The van der Waals surface area contributed by atoms with Crippen molar-refractivity contribution in [2.75, 3.05) is 11.9 Å². The third-order valence-electron chi connectivity index (χ3n) is 2.69. The number of hydrogen-bond acceptors (Lipinski definition) is 2. The molecule has 2 rings (SSSR count). The quantitative estimate of drug-likeness (QED) is 0.829. The van der Waals surface area contributed by atoms with E-state index in [1.807, 2.05) is 6.07 Å². The number of H-pyrrole nitrogens is 1. The molecule has 0 unspecified atom stereocenters. The molecule has 2 N–H and O–H groups in total. The highest BCUT2D eigenvalue weighted by atomic mass is 16.4. The second kappa shape index (κ2) is 4.18. The van der Waals surface area contributed by atoms with E-state index in [9.17, 15) is 4.79 Å². The molecular formula is C12H11N3O2. The SMILES string of the molecule is CN(C(=O)O)c1ccc2[nH]cc(CC#N)c2c1. The third kappa shape index (κ3) is 1.93. The van der Waals surface area contributed by atoms with Gasteiger partial charge in [-0.25, -0.2) is 4.79 Å². The summed E-state index contributed by atoms with van der Waals surface area (Å²) in [6.45, 7) is 0. The van der Waals surface area contributed by atoms with Crippen molar-refractivity contribution in [3.05, 3.63) is 30.0 Å². The summed E-state index contributed by atoms with van der Waals surface area (Å²) in [7, 11) is 1.49. The standard InChI is InChI=1S/C12H11N3O2/c1-15(12(16)17)9-2-3-11-10(6-9)8(4-5-13)7-14-11/h2-3,6-7,14H,4H2,1H3,(H,16,17). The first-order chi connectivity index (χ1) is 8.13. The lowest BCUT2D eigenvalue weighted by molar-refractivity contribution is 0.203. The molecule has 0 saturated heterocycles. The number of aromatic amines is 1. The Labute approximate surface area is 97.9 Å². The van der Waals surface area contributed by atoms with Gasteiger partial charge in [-0.05, 0) is 23.8 Å². The number of nitriles is 1. The van der Waals surface area contributed by atoms with Crippen LogP contribution in [-0.4, -0.2) is 23.2 Å². The summed E-state index contributed by atoms with van der Waals surface area (Å²) in [5, 5.41) is 18.5. The number of rotatable bonds is 2. The molecule has 0 fully saturated rings. The van der Waals surface area contributed by atoms with Crippen LogP contribution in [0.3, 0.4) is 0 Å². The topological polar surface area (TPSA) is 80.1 Å². The van der Waals surface area contributed by atoms with E-state index in [1.54, 1.807) is 18.3 Å². The third-order valence-corrected chi connectivity index (χ3v) is 2.69. The van der Waals surface area contributed by atoms with Crippen LogP contribution in [0.15, 0.2) is 24.4 Å². The first kappa shape index (κ1) is 11.0. The smallest absolute Gasteiger partial charge is 0.411 e. The molecule has 0 aliphatic heterocycles. The number of anilines is 1. The van der Waals surface area contributed by atoms with Gasteiger partial charge in [0.15, 0.2) is 0 Å². The zero-order chi connectivity index (χ0) is 12.4. The van der Waals surface area contributed by atoms with Crippen LogP contribution >= 0.6 is 0 Å². The second-order valence-electron chi connectivity index (χ2n) is 3.72. The number of aromatic nitrogens is 1. The van der Waals surface area contributed by atoms with Gasteiger partial charge in [-0.2, -0.15) is 5.26 Å². The number of hydrogen-bond donors (Lipinski definition) is 2. The highest BCUT2D eigenvalue weighted by Gasteiger charge is 2.10. The van der Waals surface area contributed by atoms with Crippen molar-refractivity contribution >= 4 is 22.7 Å². The van der Waals surface area contributed by atoms with Gasteiger partial charge in [0.25, 0.3) is 0 Å². The molecule has 1 heterocycles.